The second-order valence-electron chi connectivity index (χ2n) is 6.70. The first kappa shape index (κ1) is 15.7. The Kier molecular flexibility index (Phi) is 3.89. The van der Waals surface area contributed by atoms with Crippen molar-refractivity contribution in [2.75, 3.05) is 0 Å². The van der Waals surface area contributed by atoms with E-state index < -0.39 is 11.4 Å². The van der Waals surface area contributed by atoms with Crippen LogP contribution in [0.4, 0.5) is 0 Å². The lowest BCUT2D eigenvalue weighted by atomic mass is 9.83. The summed E-state index contributed by atoms with van der Waals surface area (Å²) >= 11 is 0. The van der Waals surface area contributed by atoms with Crippen LogP contribution in [-0.2, 0) is 14.5 Å². The van der Waals surface area contributed by atoms with E-state index in [0.717, 1.165) is 18.4 Å². The molecule has 4 heteroatoms. The summed E-state index contributed by atoms with van der Waals surface area (Å²) in [5.74, 6) is -1.53. The van der Waals surface area contributed by atoms with Gasteiger partial charge in [0.05, 0.1) is 11.7 Å². The van der Waals surface area contributed by atoms with E-state index >= 15 is 0 Å². The summed E-state index contributed by atoms with van der Waals surface area (Å²) in [4.78, 5) is 10.6. The number of hydrogen-bond donors (Lipinski definition) is 1. The van der Waals surface area contributed by atoms with Crippen molar-refractivity contribution in [1.82, 2.24) is 0 Å². The maximum atomic E-state index is 10.8. The Hall–Kier alpha value is -0.680. The summed E-state index contributed by atoms with van der Waals surface area (Å²) in [6.45, 7) is 15.4. The van der Waals surface area contributed by atoms with Crippen molar-refractivity contribution in [2.24, 2.45) is 5.92 Å². The molecule has 5 atom stereocenters. The summed E-state index contributed by atoms with van der Waals surface area (Å²) in [5.41, 5.74) is -0.126. The van der Waals surface area contributed by atoms with Crippen LogP contribution < -0.4 is 0 Å². The van der Waals surface area contributed by atoms with Crippen molar-refractivity contribution < 1.29 is 19.6 Å². The Morgan fingerprint density at radius 1 is 1.40 bits per heavy atom. The van der Waals surface area contributed by atoms with Crippen molar-refractivity contribution in [2.45, 2.75) is 70.1 Å². The first-order valence-corrected chi connectivity index (χ1v) is 7.21. The molecule has 114 valence electrons. The van der Waals surface area contributed by atoms with Gasteiger partial charge in [0.2, 0.25) is 5.79 Å². The Morgan fingerprint density at radius 3 is 2.50 bits per heavy atom. The molecule has 2 rings (SSSR count). The van der Waals surface area contributed by atoms with Gasteiger partial charge in [-0.2, -0.15) is 4.89 Å². The van der Waals surface area contributed by atoms with E-state index in [2.05, 4.69) is 13.2 Å². The molecule has 0 unspecified atom stereocenters. The lowest BCUT2D eigenvalue weighted by Crippen LogP contribution is -2.44. The van der Waals surface area contributed by atoms with Crippen LogP contribution in [0.1, 0.15) is 47.0 Å². The summed E-state index contributed by atoms with van der Waals surface area (Å²) in [5, 5.41) is 10.8. The first-order chi connectivity index (χ1) is 9.14. The van der Waals surface area contributed by atoms with Crippen LogP contribution in [-0.4, -0.2) is 28.2 Å². The van der Waals surface area contributed by atoms with Crippen LogP contribution in [0.15, 0.2) is 24.8 Å². The van der Waals surface area contributed by atoms with Gasteiger partial charge in [0.1, 0.15) is 5.60 Å². The molecule has 2 heterocycles. The molecule has 0 bridgehead atoms. The van der Waals surface area contributed by atoms with Gasteiger partial charge in [-0.25, -0.2) is 4.89 Å². The maximum Gasteiger partial charge on any atom is 0.207 e. The van der Waals surface area contributed by atoms with Gasteiger partial charge in [0.15, 0.2) is 0 Å². The van der Waals surface area contributed by atoms with Crippen molar-refractivity contribution in [3.05, 3.63) is 24.8 Å². The maximum absolute atomic E-state index is 10.8. The van der Waals surface area contributed by atoms with Crippen LogP contribution >= 0.6 is 0 Å². The van der Waals surface area contributed by atoms with Crippen LogP contribution in [0.25, 0.3) is 0 Å². The van der Waals surface area contributed by atoms with E-state index in [1.807, 2.05) is 33.8 Å². The first-order valence-electron chi connectivity index (χ1n) is 7.21. The van der Waals surface area contributed by atoms with Gasteiger partial charge in [-0.1, -0.05) is 19.6 Å². The molecule has 1 N–H and O–H groups in total. The molecule has 4 nitrogen and oxygen atoms in total. The van der Waals surface area contributed by atoms with E-state index in [0.29, 0.717) is 6.42 Å². The van der Waals surface area contributed by atoms with Gasteiger partial charge in [-0.05, 0) is 39.2 Å². The normalized spacial score (nSPS) is 46.4. The molecule has 0 aliphatic carbocycles. The van der Waals surface area contributed by atoms with E-state index in [9.17, 15) is 5.11 Å². The number of rotatable bonds is 4. The molecule has 2 saturated heterocycles. The third-order valence-corrected chi connectivity index (χ3v) is 4.91. The zero-order valence-electron chi connectivity index (χ0n) is 12.9. The number of hydrogen-bond acceptors (Lipinski definition) is 4. The minimum absolute atomic E-state index is 0.0703. The lowest BCUT2D eigenvalue weighted by Gasteiger charge is -2.32. The van der Waals surface area contributed by atoms with Gasteiger partial charge in [0, 0.05) is 12.3 Å². The summed E-state index contributed by atoms with van der Waals surface area (Å²) in [6, 6.07) is 0. The summed E-state index contributed by atoms with van der Waals surface area (Å²) < 4.78 is 6.03. The number of aliphatic hydroxyl groups is 1. The van der Waals surface area contributed by atoms with Crippen molar-refractivity contribution in [3.8, 4) is 0 Å². The zero-order valence-corrected chi connectivity index (χ0v) is 12.9. The lowest BCUT2D eigenvalue weighted by molar-refractivity contribution is -0.403. The Bertz CT molecular complexity index is 421. The molecule has 2 aliphatic heterocycles. The predicted molar refractivity (Wildman–Crippen MR) is 76.8 cm³/mol. The topological polar surface area (TPSA) is 47.9 Å². The molecule has 2 fully saturated rings. The minimum Gasteiger partial charge on any atom is -0.368 e. The van der Waals surface area contributed by atoms with Crippen LogP contribution in [0, 0.1) is 5.92 Å². The molecule has 0 saturated carbocycles. The second kappa shape index (κ2) is 4.95. The molecule has 2 aliphatic rings. The highest BCUT2D eigenvalue weighted by atomic mass is 17.2. The van der Waals surface area contributed by atoms with Crippen molar-refractivity contribution >= 4 is 0 Å². The van der Waals surface area contributed by atoms with Crippen LogP contribution in [0.5, 0.6) is 0 Å². The summed E-state index contributed by atoms with van der Waals surface area (Å²) in [6.07, 6.45) is 3.90. The largest absolute Gasteiger partial charge is 0.368 e. The zero-order chi connectivity index (χ0) is 15.2. The predicted octanol–water partition coefficient (Wildman–Crippen LogP) is 3.12. The smallest absolute Gasteiger partial charge is 0.207 e. The van der Waals surface area contributed by atoms with Gasteiger partial charge < -0.3 is 9.84 Å². The van der Waals surface area contributed by atoms with Gasteiger partial charge in [-0.15, -0.1) is 6.58 Å². The second-order valence-corrected chi connectivity index (χ2v) is 6.70. The van der Waals surface area contributed by atoms with E-state index in [4.69, 9.17) is 14.5 Å². The molecule has 0 amide bonds. The molecule has 0 aromatic heterocycles. The van der Waals surface area contributed by atoms with Gasteiger partial charge >= 0.3 is 0 Å². The molecule has 20 heavy (non-hydrogen) atoms. The monoisotopic (exact) mass is 282 g/mol. The average molecular weight is 282 g/mol. The van der Waals surface area contributed by atoms with E-state index in [1.165, 1.54) is 0 Å². The molecular weight excluding hydrogens is 256 g/mol. The fourth-order valence-electron chi connectivity index (χ4n) is 2.85. The quantitative estimate of drug-likeness (QED) is 0.636. The Morgan fingerprint density at radius 2 is 2.05 bits per heavy atom. The summed E-state index contributed by atoms with van der Waals surface area (Å²) in [7, 11) is 0. The highest BCUT2D eigenvalue weighted by Crippen LogP contribution is 2.46. The Balaban J connectivity index is 2.09. The number of ether oxygens (including phenoxy) is 1. The van der Waals surface area contributed by atoms with Gasteiger partial charge in [0.25, 0.3) is 0 Å². The molecule has 0 spiro atoms. The molecular formula is C16H26O4. The van der Waals surface area contributed by atoms with E-state index in [1.54, 1.807) is 0 Å². The van der Waals surface area contributed by atoms with Crippen molar-refractivity contribution in [1.29, 1.82) is 0 Å². The highest BCUT2D eigenvalue weighted by molar-refractivity contribution is 5.12. The average Bonchev–Trinajstić information content (AvgIpc) is 2.93. The fourth-order valence-corrected chi connectivity index (χ4v) is 2.85. The SMILES string of the molecule is C=C[C@@]1(C)CC[C@@H]([C@H](C)[C@@]2(O)C[C@](C)(C(=C)C)OO2)O1. The molecule has 0 radical (unpaired) electrons. The standard InChI is InChI=1S/C16H26O4/c1-7-14(5)9-8-13(18-14)12(4)16(17)10-15(6,11(2)3)19-20-16/h7,12-13,17H,1-2,8-10H2,3-6H3/t12-,13-,14-,15+,16+/m0/s1. The highest BCUT2D eigenvalue weighted by Gasteiger charge is 2.55. The van der Waals surface area contributed by atoms with Crippen LogP contribution in [0.3, 0.4) is 0 Å². The third kappa shape index (κ3) is 2.58. The fraction of sp³-hybridized carbons (Fsp3) is 0.750. The van der Waals surface area contributed by atoms with Gasteiger partial charge in [-0.3, -0.25) is 0 Å². The van der Waals surface area contributed by atoms with Crippen molar-refractivity contribution in [3.63, 3.8) is 0 Å². The van der Waals surface area contributed by atoms with Crippen LogP contribution in [0.2, 0.25) is 0 Å². The van der Waals surface area contributed by atoms with E-state index in [-0.39, 0.29) is 17.6 Å². The third-order valence-electron chi connectivity index (χ3n) is 4.91. The molecule has 0 aromatic rings. The molecule has 0 aromatic carbocycles. The minimum atomic E-state index is -1.34. The Labute approximate surface area is 121 Å².